The van der Waals surface area contributed by atoms with E-state index in [9.17, 15) is 14.9 Å². The quantitative estimate of drug-likeness (QED) is 0.617. The van der Waals surface area contributed by atoms with Crippen LogP contribution in [-0.2, 0) is 14.3 Å². The van der Waals surface area contributed by atoms with Crippen LogP contribution in [0.25, 0.3) is 6.08 Å². The van der Waals surface area contributed by atoms with Gasteiger partial charge in [0.2, 0.25) is 0 Å². The minimum atomic E-state index is -1.01. The third kappa shape index (κ3) is 4.99. The van der Waals surface area contributed by atoms with Crippen LogP contribution in [0.4, 0.5) is 0 Å². The zero-order chi connectivity index (χ0) is 19.2. The van der Waals surface area contributed by atoms with Crippen LogP contribution in [0.3, 0.4) is 0 Å². The number of hydrogen-bond acceptors (Lipinski definition) is 6. The van der Waals surface area contributed by atoms with Crippen LogP contribution in [0.1, 0.15) is 26.3 Å². The molecule has 1 aromatic carbocycles. The lowest BCUT2D eigenvalue weighted by atomic mass is 9.90. The molecule has 0 aliphatic carbocycles. The minimum Gasteiger partial charge on any atom is -0.486 e. The number of carbonyl (C=O) groups is 2. The average Bonchev–Trinajstić information content (AvgIpc) is 2.64. The first-order chi connectivity index (χ1) is 12.3. The van der Waals surface area contributed by atoms with Gasteiger partial charge in [-0.1, -0.05) is 19.9 Å². The number of nitrogens with one attached hydrogen (secondary N) is 1. The van der Waals surface area contributed by atoms with Gasteiger partial charge in [0, 0.05) is 6.08 Å². The molecule has 138 valence electrons. The smallest absolute Gasteiger partial charge is 0.331 e. The topological polar surface area (TPSA) is 97.7 Å². The number of nitrogens with zero attached hydrogens (tertiary/aromatic N) is 1. The van der Waals surface area contributed by atoms with Crippen molar-refractivity contribution in [2.24, 2.45) is 5.92 Å². The number of nitriles is 1. The van der Waals surface area contributed by atoms with Crippen molar-refractivity contribution in [2.75, 3.05) is 19.8 Å². The number of benzene rings is 1. The first-order valence-electron chi connectivity index (χ1n) is 8.31. The fourth-order valence-electron chi connectivity index (χ4n) is 2.14. The molecule has 1 heterocycles. The largest absolute Gasteiger partial charge is 0.486 e. The van der Waals surface area contributed by atoms with Crippen molar-refractivity contribution in [3.8, 4) is 17.6 Å². The Labute approximate surface area is 152 Å². The van der Waals surface area contributed by atoms with E-state index in [1.807, 2.05) is 13.8 Å². The first-order valence-corrected chi connectivity index (χ1v) is 8.31. The second kappa shape index (κ2) is 8.39. The molecule has 1 amide bonds. The van der Waals surface area contributed by atoms with Crippen molar-refractivity contribution < 1.29 is 23.8 Å². The monoisotopic (exact) mass is 358 g/mol. The Morgan fingerprint density at radius 3 is 2.69 bits per heavy atom. The van der Waals surface area contributed by atoms with Crippen molar-refractivity contribution in [1.29, 1.82) is 5.26 Å². The van der Waals surface area contributed by atoms with Crippen LogP contribution in [0.15, 0.2) is 24.3 Å². The number of rotatable bonds is 6. The van der Waals surface area contributed by atoms with Gasteiger partial charge >= 0.3 is 5.97 Å². The molecule has 1 atom stereocenters. The van der Waals surface area contributed by atoms with Gasteiger partial charge in [0.25, 0.3) is 5.91 Å². The van der Waals surface area contributed by atoms with E-state index < -0.39 is 24.0 Å². The second-order valence-corrected chi connectivity index (χ2v) is 6.36. The van der Waals surface area contributed by atoms with E-state index in [1.165, 1.54) is 6.08 Å². The van der Waals surface area contributed by atoms with Gasteiger partial charge in [-0.3, -0.25) is 4.79 Å². The van der Waals surface area contributed by atoms with Gasteiger partial charge in [-0.2, -0.15) is 5.26 Å². The summed E-state index contributed by atoms with van der Waals surface area (Å²) in [7, 11) is 0. The summed E-state index contributed by atoms with van der Waals surface area (Å²) < 4.78 is 15.8. The lowest BCUT2D eigenvalue weighted by Gasteiger charge is -2.27. The van der Waals surface area contributed by atoms with Crippen LogP contribution in [0.5, 0.6) is 11.5 Å². The van der Waals surface area contributed by atoms with E-state index in [-0.39, 0.29) is 5.92 Å². The standard InChI is InChI=1S/C19H22N2O5/c1-13(2)19(3,12-20)21-17(22)11-26-18(23)7-5-14-4-6-15-16(10-14)25-9-8-24-15/h4-7,10,13H,8-9,11H2,1-3H3,(H,21,22). The molecule has 0 radical (unpaired) electrons. The van der Waals surface area contributed by atoms with E-state index in [4.69, 9.17) is 14.2 Å². The summed E-state index contributed by atoms with van der Waals surface area (Å²) in [5.41, 5.74) is -0.266. The van der Waals surface area contributed by atoms with Crippen LogP contribution < -0.4 is 14.8 Å². The Hall–Kier alpha value is -3.01. The summed E-state index contributed by atoms with van der Waals surface area (Å²) in [5, 5.41) is 11.7. The van der Waals surface area contributed by atoms with Crippen molar-refractivity contribution in [3.63, 3.8) is 0 Å². The molecule has 7 nitrogen and oxygen atoms in total. The number of carbonyl (C=O) groups excluding carboxylic acids is 2. The molecule has 26 heavy (non-hydrogen) atoms. The maximum Gasteiger partial charge on any atom is 0.331 e. The lowest BCUT2D eigenvalue weighted by molar-refractivity contribution is -0.144. The Kier molecular flexibility index (Phi) is 6.23. The van der Waals surface area contributed by atoms with Crippen molar-refractivity contribution in [2.45, 2.75) is 26.3 Å². The SMILES string of the molecule is CC(C)C(C)(C#N)NC(=O)COC(=O)C=Cc1ccc2c(c1)OCCO2. The predicted molar refractivity (Wildman–Crippen MR) is 94.4 cm³/mol. The summed E-state index contributed by atoms with van der Waals surface area (Å²) in [6, 6.07) is 7.36. The summed E-state index contributed by atoms with van der Waals surface area (Å²) in [5.74, 6) is 0.0262. The summed E-state index contributed by atoms with van der Waals surface area (Å²) >= 11 is 0. The van der Waals surface area contributed by atoms with Crippen LogP contribution in [0.2, 0.25) is 0 Å². The highest BCUT2D eigenvalue weighted by atomic mass is 16.6. The Morgan fingerprint density at radius 2 is 2.04 bits per heavy atom. The molecule has 0 saturated carbocycles. The fraction of sp³-hybridized carbons (Fsp3) is 0.421. The molecule has 0 spiro atoms. The van der Waals surface area contributed by atoms with Gasteiger partial charge in [0.05, 0.1) is 6.07 Å². The van der Waals surface area contributed by atoms with Crippen molar-refractivity contribution >= 4 is 18.0 Å². The number of ether oxygens (including phenoxy) is 3. The van der Waals surface area contributed by atoms with E-state index in [0.717, 1.165) is 5.56 Å². The molecule has 0 bridgehead atoms. The molecule has 0 fully saturated rings. The van der Waals surface area contributed by atoms with Crippen LogP contribution in [-0.4, -0.2) is 37.2 Å². The maximum atomic E-state index is 11.9. The molecular formula is C19H22N2O5. The Balaban J connectivity index is 1.86. The van der Waals surface area contributed by atoms with Crippen molar-refractivity contribution in [1.82, 2.24) is 5.32 Å². The normalized spacial score (nSPS) is 15.2. The highest BCUT2D eigenvalue weighted by Crippen LogP contribution is 2.31. The van der Waals surface area contributed by atoms with E-state index in [1.54, 1.807) is 31.2 Å². The van der Waals surface area contributed by atoms with Crippen molar-refractivity contribution in [3.05, 3.63) is 29.8 Å². The zero-order valence-corrected chi connectivity index (χ0v) is 15.1. The number of amides is 1. The van der Waals surface area contributed by atoms with Crippen LogP contribution in [0, 0.1) is 17.2 Å². The molecular weight excluding hydrogens is 336 g/mol. The summed E-state index contributed by atoms with van der Waals surface area (Å²) in [6.07, 6.45) is 2.79. The average molecular weight is 358 g/mol. The third-order valence-electron chi connectivity index (χ3n) is 4.11. The molecule has 2 rings (SSSR count). The second-order valence-electron chi connectivity index (χ2n) is 6.36. The molecule has 1 unspecified atom stereocenters. The zero-order valence-electron chi connectivity index (χ0n) is 15.1. The number of esters is 1. The van der Waals surface area contributed by atoms with E-state index in [0.29, 0.717) is 24.7 Å². The summed E-state index contributed by atoms with van der Waals surface area (Å²) in [6.45, 7) is 5.82. The van der Waals surface area contributed by atoms with E-state index in [2.05, 4.69) is 11.4 Å². The predicted octanol–water partition coefficient (Wildman–Crippen LogP) is 2.07. The summed E-state index contributed by atoms with van der Waals surface area (Å²) in [4.78, 5) is 23.6. The molecule has 1 N–H and O–H groups in total. The molecule has 1 aromatic rings. The van der Waals surface area contributed by atoms with Gasteiger partial charge in [0.15, 0.2) is 18.1 Å². The lowest BCUT2D eigenvalue weighted by Crippen LogP contribution is -2.50. The van der Waals surface area contributed by atoms with Gasteiger partial charge < -0.3 is 19.5 Å². The van der Waals surface area contributed by atoms with E-state index >= 15 is 0 Å². The highest BCUT2D eigenvalue weighted by Gasteiger charge is 2.30. The Morgan fingerprint density at radius 1 is 1.35 bits per heavy atom. The van der Waals surface area contributed by atoms with Gasteiger partial charge in [0.1, 0.15) is 18.8 Å². The molecule has 0 saturated heterocycles. The minimum absolute atomic E-state index is 0.0812. The Bertz CT molecular complexity index is 751. The van der Waals surface area contributed by atoms with Crippen LogP contribution >= 0.6 is 0 Å². The van der Waals surface area contributed by atoms with Gasteiger partial charge in [-0.25, -0.2) is 4.79 Å². The third-order valence-corrected chi connectivity index (χ3v) is 4.11. The number of fused-ring (bicyclic) bond motifs is 1. The highest BCUT2D eigenvalue weighted by molar-refractivity contribution is 5.89. The molecule has 1 aliphatic heterocycles. The molecule has 7 heteroatoms. The van der Waals surface area contributed by atoms with Gasteiger partial charge in [-0.15, -0.1) is 0 Å². The maximum absolute atomic E-state index is 11.9. The molecule has 0 aromatic heterocycles. The number of hydrogen-bond donors (Lipinski definition) is 1. The fourth-order valence-corrected chi connectivity index (χ4v) is 2.14. The van der Waals surface area contributed by atoms with Gasteiger partial charge in [-0.05, 0) is 36.6 Å². The molecule has 1 aliphatic rings. The first kappa shape index (κ1) is 19.3.